The maximum atomic E-state index is 7.15. The monoisotopic (exact) mass is 938 g/mol. The van der Waals surface area contributed by atoms with Crippen LogP contribution in [0, 0.1) is 0 Å². The fraction of sp³-hybridized carbons (Fsp3) is 0.0149. The lowest BCUT2D eigenvalue weighted by molar-refractivity contribution is 0.436. The maximum absolute atomic E-state index is 7.15. The van der Waals surface area contributed by atoms with Crippen molar-refractivity contribution in [2.75, 3.05) is 9.80 Å². The number of hydrogen-bond acceptors (Lipinski definition) is 5. The van der Waals surface area contributed by atoms with Crippen molar-refractivity contribution in [3.8, 4) is 33.8 Å². The number of hydrogen-bond donors (Lipinski definition) is 0. The molecule has 4 nitrogen and oxygen atoms in total. The molecule has 0 fully saturated rings. The zero-order valence-electron chi connectivity index (χ0n) is 38.9. The second kappa shape index (κ2) is 15.9. The third kappa shape index (κ3) is 6.11. The fourth-order valence-corrected chi connectivity index (χ4v) is 12.9. The molecular weight excluding hydrogens is 897 g/mol. The standard InChI is InChI=1S/C67H42N2O2S/c1-3-17-45(18-4-1)68(46-19-5-2-6-20-46)49-37-44(43-31-36-66-56(39-43)55-24-10-16-30-65(55)72-66)38-50(40-49)69(47-32-34-54-53-23-9-14-28-61(53)70-63(54)41-47)48-33-35-60-64(42-48)71-62-29-15-13-27-59(62)67(60)57-25-11-7-21-51(57)52-22-8-12-26-58(52)67/h1-42H. The molecule has 13 aromatic rings. The molecule has 2 aromatic heterocycles. The van der Waals surface area contributed by atoms with Crippen LogP contribution in [0.25, 0.3) is 64.4 Å². The highest BCUT2D eigenvalue weighted by molar-refractivity contribution is 7.25. The van der Waals surface area contributed by atoms with Crippen LogP contribution in [0.4, 0.5) is 34.1 Å². The Balaban J connectivity index is 1.00. The summed E-state index contributed by atoms with van der Waals surface area (Å²) in [5.74, 6) is 1.67. The van der Waals surface area contributed by atoms with Gasteiger partial charge in [0.1, 0.15) is 22.7 Å². The Morgan fingerprint density at radius 3 is 1.61 bits per heavy atom. The molecular formula is C67H42N2O2S. The van der Waals surface area contributed by atoms with Crippen LogP contribution in [0.5, 0.6) is 11.5 Å². The van der Waals surface area contributed by atoms with E-state index in [1.165, 1.54) is 42.4 Å². The molecule has 0 saturated carbocycles. The first-order valence-corrected chi connectivity index (χ1v) is 25.3. The van der Waals surface area contributed by atoms with Gasteiger partial charge in [-0.2, -0.15) is 0 Å². The zero-order valence-corrected chi connectivity index (χ0v) is 39.7. The van der Waals surface area contributed by atoms with E-state index < -0.39 is 5.41 Å². The summed E-state index contributed by atoms with van der Waals surface area (Å²) in [5, 5.41) is 4.69. The number of para-hydroxylation sites is 4. The molecule has 72 heavy (non-hydrogen) atoms. The summed E-state index contributed by atoms with van der Waals surface area (Å²) in [6.45, 7) is 0. The number of nitrogens with zero attached hydrogens (tertiary/aromatic N) is 2. The van der Waals surface area contributed by atoms with E-state index in [0.29, 0.717) is 0 Å². The molecule has 11 aromatic carbocycles. The number of ether oxygens (including phenoxy) is 1. The average Bonchev–Trinajstić information content (AvgIpc) is 4.10. The molecule has 0 atom stereocenters. The predicted molar refractivity (Wildman–Crippen MR) is 299 cm³/mol. The summed E-state index contributed by atoms with van der Waals surface area (Å²) in [7, 11) is 0. The van der Waals surface area contributed by atoms with Gasteiger partial charge >= 0.3 is 0 Å². The Kier molecular flexibility index (Phi) is 9.01. The van der Waals surface area contributed by atoms with E-state index in [1.54, 1.807) is 0 Å². The molecule has 2 aliphatic rings. The fourth-order valence-electron chi connectivity index (χ4n) is 11.8. The van der Waals surface area contributed by atoms with E-state index in [1.807, 2.05) is 23.5 Å². The van der Waals surface area contributed by atoms with Crippen LogP contribution in [0.15, 0.2) is 259 Å². The summed E-state index contributed by atoms with van der Waals surface area (Å²) in [5.41, 5.74) is 16.6. The van der Waals surface area contributed by atoms with Crippen molar-refractivity contribution in [1.82, 2.24) is 0 Å². The van der Waals surface area contributed by atoms with Crippen molar-refractivity contribution in [1.29, 1.82) is 0 Å². The van der Waals surface area contributed by atoms with Gasteiger partial charge in [-0.15, -0.1) is 11.3 Å². The van der Waals surface area contributed by atoms with Gasteiger partial charge in [0.15, 0.2) is 0 Å². The van der Waals surface area contributed by atoms with Gasteiger partial charge in [0, 0.05) is 88.3 Å². The number of anilines is 6. The summed E-state index contributed by atoms with van der Waals surface area (Å²) in [6, 6.07) is 92.2. The molecule has 5 heteroatoms. The molecule has 3 heterocycles. The first kappa shape index (κ1) is 40.7. The number of benzene rings is 11. The Bertz CT molecular complexity index is 4200. The normalized spacial score (nSPS) is 12.9. The van der Waals surface area contributed by atoms with E-state index >= 15 is 0 Å². The van der Waals surface area contributed by atoms with Gasteiger partial charge < -0.3 is 19.0 Å². The van der Waals surface area contributed by atoms with E-state index in [9.17, 15) is 0 Å². The summed E-state index contributed by atoms with van der Waals surface area (Å²) in [4.78, 5) is 4.73. The molecule has 0 amide bonds. The van der Waals surface area contributed by atoms with E-state index in [0.717, 1.165) is 89.8 Å². The van der Waals surface area contributed by atoms with Crippen LogP contribution < -0.4 is 14.5 Å². The number of rotatable bonds is 7. The van der Waals surface area contributed by atoms with Crippen LogP contribution >= 0.6 is 11.3 Å². The molecule has 1 aliphatic heterocycles. The van der Waals surface area contributed by atoms with Gasteiger partial charge in [0.25, 0.3) is 0 Å². The highest BCUT2D eigenvalue weighted by Gasteiger charge is 2.51. The average molecular weight is 939 g/mol. The predicted octanol–water partition coefficient (Wildman–Crippen LogP) is 19.0. The first-order valence-electron chi connectivity index (χ1n) is 24.5. The summed E-state index contributed by atoms with van der Waals surface area (Å²) < 4.78 is 16.4. The number of thiophene rings is 1. The lowest BCUT2D eigenvalue weighted by Crippen LogP contribution is -2.32. The molecule has 0 radical (unpaired) electrons. The molecule has 1 aliphatic carbocycles. The highest BCUT2D eigenvalue weighted by Crippen LogP contribution is 2.62. The van der Waals surface area contributed by atoms with Crippen molar-refractivity contribution < 1.29 is 9.15 Å². The molecule has 0 N–H and O–H groups in total. The molecule has 15 rings (SSSR count). The Morgan fingerprint density at radius 2 is 0.861 bits per heavy atom. The molecule has 0 saturated heterocycles. The van der Waals surface area contributed by atoms with Crippen LogP contribution in [0.3, 0.4) is 0 Å². The van der Waals surface area contributed by atoms with E-state index in [2.05, 4.69) is 252 Å². The van der Waals surface area contributed by atoms with E-state index in [4.69, 9.17) is 9.15 Å². The largest absolute Gasteiger partial charge is 0.457 e. The van der Waals surface area contributed by atoms with Crippen LogP contribution in [-0.4, -0.2) is 0 Å². The topological polar surface area (TPSA) is 28.9 Å². The minimum absolute atomic E-state index is 0.586. The van der Waals surface area contributed by atoms with Gasteiger partial charge in [-0.05, 0) is 124 Å². The second-order valence-electron chi connectivity index (χ2n) is 18.8. The van der Waals surface area contributed by atoms with Crippen molar-refractivity contribution >= 4 is 87.6 Å². The highest BCUT2D eigenvalue weighted by atomic mass is 32.1. The third-order valence-electron chi connectivity index (χ3n) is 14.9. The molecule has 0 bridgehead atoms. The minimum atomic E-state index is -0.586. The third-order valence-corrected chi connectivity index (χ3v) is 16.0. The summed E-state index contributed by atoms with van der Waals surface area (Å²) in [6.07, 6.45) is 0. The lowest BCUT2D eigenvalue weighted by atomic mass is 9.66. The Morgan fingerprint density at radius 1 is 0.306 bits per heavy atom. The second-order valence-corrected chi connectivity index (χ2v) is 19.9. The SMILES string of the molecule is c1ccc(N(c2ccccc2)c2cc(-c3ccc4sc5ccccc5c4c3)cc(N(c3ccc4c(c3)Oc3ccccc3C43c4ccccc4-c4ccccc43)c3ccc4c(c3)oc3ccccc34)c2)cc1. The quantitative estimate of drug-likeness (QED) is 0.159. The van der Waals surface area contributed by atoms with Crippen molar-refractivity contribution in [3.05, 3.63) is 277 Å². The zero-order chi connectivity index (χ0) is 47.3. The lowest BCUT2D eigenvalue weighted by Gasteiger charge is -2.40. The van der Waals surface area contributed by atoms with Gasteiger partial charge in [-0.1, -0.05) is 152 Å². The van der Waals surface area contributed by atoms with Gasteiger partial charge in [0.2, 0.25) is 0 Å². The van der Waals surface area contributed by atoms with Crippen molar-refractivity contribution in [2.24, 2.45) is 0 Å². The summed E-state index contributed by atoms with van der Waals surface area (Å²) >= 11 is 1.84. The Hall–Kier alpha value is -9.16. The molecule has 0 unspecified atom stereocenters. The maximum Gasteiger partial charge on any atom is 0.137 e. The van der Waals surface area contributed by atoms with Crippen LogP contribution in [0.1, 0.15) is 22.3 Å². The minimum Gasteiger partial charge on any atom is -0.457 e. The van der Waals surface area contributed by atoms with Gasteiger partial charge in [-0.25, -0.2) is 0 Å². The van der Waals surface area contributed by atoms with E-state index in [-0.39, 0.29) is 0 Å². The number of furan rings is 1. The van der Waals surface area contributed by atoms with Crippen molar-refractivity contribution in [2.45, 2.75) is 5.41 Å². The Labute approximate surface area is 420 Å². The van der Waals surface area contributed by atoms with Crippen LogP contribution in [0.2, 0.25) is 0 Å². The smallest absolute Gasteiger partial charge is 0.137 e. The first-order chi connectivity index (χ1) is 35.7. The molecule has 1 spiro atoms. The van der Waals surface area contributed by atoms with Crippen molar-refractivity contribution in [3.63, 3.8) is 0 Å². The van der Waals surface area contributed by atoms with Gasteiger partial charge in [0.05, 0.1) is 5.41 Å². The number of fused-ring (bicyclic) bond motifs is 15. The van der Waals surface area contributed by atoms with Gasteiger partial charge in [-0.3, -0.25) is 0 Å². The molecule has 338 valence electrons. The van der Waals surface area contributed by atoms with Crippen LogP contribution in [-0.2, 0) is 5.41 Å².